The Morgan fingerprint density at radius 3 is 2.25 bits per heavy atom. The van der Waals surface area contributed by atoms with Crippen LogP contribution in [0.3, 0.4) is 0 Å². The predicted octanol–water partition coefficient (Wildman–Crippen LogP) is 0.657. The summed E-state index contributed by atoms with van der Waals surface area (Å²) in [7, 11) is 0. The van der Waals surface area contributed by atoms with Crippen molar-refractivity contribution in [3.05, 3.63) is 22.8 Å². The molecule has 0 spiro atoms. The average Bonchev–Trinajstić information content (AvgIpc) is 2.47. The van der Waals surface area contributed by atoms with E-state index in [1.165, 1.54) is 18.7 Å². The van der Waals surface area contributed by atoms with E-state index in [1.54, 1.807) is 0 Å². The molecule has 3 aliphatic rings. The number of nitrogens with zero attached hydrogens (tertiary/aromatic N) is 4. The molecule has 4 rings (SSSR count). The van der Waals surface area contributed by atoms with Crippen molar-refractivity contribution >= 4 is 0 Å². The fraction of sp³-hybridized carbons (Fsp3) is 0.733. The zero-order valence-electron chi connectivity index (χ0n) is 12.6. The lowest BCUT2D eigenvalue weighted by Gasteiger charge is -2.46. The smallest absolute Gasteiger partial charge is 0.147 e. The van der Waals surface area contributed by atoms with E-state index in [0.717, 1.165) is 56.2 Å². The molecule has 1 aromatic heterocycles. The third kappa shape index (κ3) is 2.57. The van der Waals surface area contributed by atoms with Gasteiger partial charge >= 0.3 is 0 Å². The van der Waals surface area contributed by atoms with Crippen LogP contribution >= 0.6 is 0 Å². The molecular weight excluding hydrogens is 250 g/mol. The maximum absolute atomic E-state index is 5.61. The van der Waals surface area contributed by atoms with Crippen LogP contribution in [0.15, 0.2) is 0 Å². The van der Waals surface area contributed by atoms with E-state index in [0.29, 0.717) is 6.04 Å². The first-order valence-corrected chi connectivity index (χ1v) is 7.69. The van der Waals surface area contributed by atoms with Gasteiger partial charge in [-0.05, 0) is 38.8 Å². The van der Waals surface area contributed by atoms with Crippen molar-refractivity contribution in [2.24, 2.45) is 5.73 Å². The van der Waals surface area contributed by atoms with Gasteiger partial charge in [-0.3, -0.25) is 9.80 Å². The fourth-order valence-electron chi connectivity index (χ4n) is 3.42. The lowest BCUT2D eigenvalue weighted by Crippen LogP contribution is -2.57. The van der Waals surface area contributed by atoms with Crippen LogP contribution < -0.4 is 5.73 Å². The van der Waals surface area contributed by atoms with Crippen molar-refractivity contribution in [2.45, 2.75) is 32.7 Å². The molecule has 0 saturated carbocycles. The second kappa shape index (κ2) is 5.76. The summed E-state index contributed by atoms with van der Waals surface area (Å²) in [5.41, 5.74) is 9.17. The van der Waals surface area contributed by atoms with Crippen LogP contribution in [0.25, 0.3) is 0 Å². The zero-order chi connectivity index (χ0) is 14.1. The lowest BCUT2D eigenvalue weighted by atomic mass is 10.0. The summed E-state index contributed by atoms with van der Waals surface area (Å²) in [5, 5.41) is 0. The molecule has 4 heterocycles. The Morgan fingerprint density at radius 2 is 1.75 bits per heavy atom. The molecule has 1 aromatic rings. The molecule has 1 atom stereocenters. The van der Waals surface area contributed by atoms with Crippen LogP contribution in [0.4, 0.5) is 0 Å². The van der Waals surface area contributed by atoms with Crippen LogP contribution in [0.2, 0.25) is 0 Å². The molecule has 1 unspecified atom stereocenters. The molecule has 2 N–H and O–H groups in total. The molecule has 5 nitrogen and oxygen atoms in total. The van der Waals surface area contributed by atoms with Gasteiger partial charge in [0, 0.05) is 44.1 Å². The van der Waals surface area contributed by atoms with Crippen molar-refractivity contribution in [2.75, 3.05) is 39.3 Å². The third-order valence-electron chi connectivity index (χ3n) is 4.65. The van der Waals surface area contributed by atoms with Gasteiger partial charge in [-0.25, -0.2) is 9.97 Å². The molecule has 3 fully saturated rings. The van der Waals surface area contributed by atoms with Crippen LogP contribution in [0, 0.1) is 13.8 Å². The highest BCUT2D eigenvalue weighted by Gasteiger charge is 2.34. The number of aryl methyl sites for hydroxylation is 2. The van der Waals surface area contributed by atoms with Gasteiger partial charge in [0.25, 0.3) is 0 Å². The maximum Gasteiger partial charge on any atom is 0.147 e. The monoisotopic (exact) mass is 275 g/mol. The Balaban J connectivity index is 1.84. The number of hydrogen-bond donors (Lipinski definition) is 1. The lowest BCUT2D eigenvalue weighted by molar-refractivity contribution is 0.00850. The first-order chi connectivity index (χ1) is 9.69. The molecule has 110 valence electrons. The molecule has 0 aromatic carbocycles. The molecule has 5 heteroatoms. The fourth-order valence-corrected chi connectivity index (χ4v) is 3.42. The first kappa shape index (κ1) is 13.9. The molecule has 0 amide bonds. The van der Waals surface area contributed by atoms with Crippen molar-refractivity contribution in [3.8, 4) is 0 Å². The standard InChI is InChI=1S/C15H25N5/c1-11-13(4-3-5-16)12(2)18-15(17-11)14-10-19-6-8-20(14)9-7-19/h14H,3-10,16H2,1-2H3. The van der Waals surface area contributed by atoms with Crippen molar-refractivity contribution < 1.29 is 0 Å². The minimum atomic E-state index is 0.387. The van der Waals surface area contributed by atoms with Crippen molar-refractivity contribution in [1.29, 1.82) is 0 Å². The number of piperazine rings is 3. The predicted molar refractivity (Wildman–Crippen MR) is 79.6 cm³/mol. The van der Waals surface area contributed by atoms with Crippen LogP contribution in [-0.2, 0) is 6.42 Å². The topological polar surface area (TPSA) is 58.3 Å². The first-order valence-electron chi connectivity index (χ1n) is 7.69. The number of aromatic nitrogens is 2. The van der Waals surface area contributed by atoms with Gasteiger partial charge < -0.3 is 5.73 Å². The molecule has 0 aliphatic carbocycles. The summed E-state index contributed by atoms with van der Waals surface area (Å²) < 4.78 is 0. The van der Waals surface area contributed by atoms with E-state index in [9.17, 15) is 0 Å². The number of hydrogen-bond acceptors (Lipinski definition) is 5. The molecule has 20 heavy (non-hydrogen) atoms. The number of nitrogens with two attached hydrogens (primary N) is 1. The summed E-state index contributed by atoms with van der Waals surface area (Å²) in [6.45, 7) is 10.7. The van der Waals surface area contributed by atoms with Crippen LogP contribution in [0.5, 0.6) is 0 Å². The van der Waals surface area contributed by atoms with Crippen molar-refractivity contribution in [3.63, 3.8) is 0 Å². The highest BCUT2D eigenvalue weighted by Crippen LogP contribution is 2.27. The third-order valence-corrected chi connectivity index (χ3v) is 4.65. The summed E-state index contributed by atoms with van der Waals surface area (Å²) >= 11 is 0. The number of fused-ring (bicyclic) bond motifs is 3. The highest BCUT2D eigenvalue weighted by molar-refractivity contribution is 5.25. The molecular formula is C15H25N5. The zero-order valence-corrected chi connectivity index (χ0v) is 12.6. The van der Waals surface area contributed by atoms with Gasteiger partial charge in [0.05, 0.1) is 6.04 Å². The van der Waals surface area contributed by atoms with E-state index in [-0.39, 0.29) is 0 Å². The average molecular weight is 275 g/mol. The van der Waals surface area contributed by atoms with E-state index >= 15 is 0 Å². The Labute approximate surface area is 121 Å². The minimum absolute atomic E-state index is 0.387. The van der Waals surface area contributed by atoms with Gasteiger partial charge in [-0.15, -0.1) is 0 Å². The molecule has 3 saturated heterocycles. The highest BCUT2D eigenvalue weighted by atomic mass is 15.4. The Bertz CT molecular complexity index is 456. The van der Waals surface area contributed by atoms with Gasteiger partial charge in [0.1, 0.15) is 5.82 Å². The van der Waals surface area contributed by atoms with Gasteiger partial charge in [-0.1, -0.05) is 0 Å². The second-order valence-electron chi connectivity index (χ2n) is 5.98. The molecule has 3 aliphatic heterocycles. The summed E-state index contributed by atoms with van der Waals surface area (Å²) in [6, 6.07) is 0.387. The van der Waals surface area contributed by atoms with Crippen LogP contribution in [0.1, 0.15) is 35.2 Å². The Morgan fingerprint density at radius 1 is 1.10 bits per heavy atom. The minimum Gasteiger partial charge on any atom is -0.330 e. The summed E-state index contributed by atoms with van der Waals surface area (Å²) in [6.07, 6.45) is 2.00. The Kier molecular flexibility index (Phi) is 4.01. The van der Waals surface area contributed by atoms with Gasteiger partial charge in [0.2, 0.25) is 0 Å². The van der Waals surface area contributed by atoms with E-state index in [2.05, 4.69) is 23.6 Å². The van der Waals surface area contributed by atoms with Gasteiger partial charge in [-0.2, -0.15) is 0 Å². The normalized spacial score (nSPS) is 28.9. The largest absolute Gasteiger partial charge is 0.330 e. The molecule has 2 bridgehead atoms. The van der Waals surface area contributed by atoms with E-state index in [1.807, 2.05) is 0 Å². The van der Waals surface area contributed by atoms with Crippen LogP contribution in [-0.4, -0.2) is 59.0 Å². The van der Waals surface area contributed by atoms with Crippen molar-refractivity contribution in [1.82, 2.24) is 19.8 Å². The quantitative estimate of drug-likeness (QED) is 0.874. The molecule has 0 radical (unpaired) electrons. The summed E-state index contributed by atoms with van der Waals surface area (Å²) in [4.78, 5) is 14.7. The number of rotatable bonds is 4. The Hall–Kier alpha value is -1.04. The summed E-state index contributed by atoms with van der Waals surface area (Å²) in [5.74, 6) is 1.01. The maximum atomic E-state index is 5.61. The van der Waals surface area contributed by atoms with E-state index in [4.69, 9.17) is 15.7 Å². The SMILES string of the molecule is Cc1nc(C2CN3CCN2CC3)nc(C)c1CCCN. The second-order valence-corrected chi connectivity index (χ2v) is 5.98. The van der Waals surface area contributed by atoms with E-state index < -0.39 is 0 Å². The van der Waals surface area contributed by atoms with Gasteiger partial charge in [0.15, 0.2) is 0 Å².